The zero-order valence-electron chi connectivity index (χ0n) is 13.1. The van der Waals surface area contributed by atoms with Crippen molar-refractivity contribution in [3.63, 3.8) is 0 Å². The molecule has 2 amide bonds. The Morgan fingerprint density at radius 3 is 2.04 bits per heavy atom. The summed E-state index contributed by atoms with van der Waals surface area (Å²) in [5.41, 5.74) is 5.97. The van der Waals surface area contributed by atoms with Crippen LogP contribution in [0.3, 0.4) is 0 Å². The van der Waals surface area contributed by atoms with Crippen LogP contribution in [0, 0.1) is 0 Å². The van der Waals surface area contributed by atoms with Gasteiger partial charge < -0.3 is 5.73 Å². The minimum atomic E-state index is -3.93. The number of hydrogen-bond donors (Lipinski definition) is 3. The lowest BCUT2D eigenvalue weighted by atomic mass is 10.3. The van der Waals surface area contributed by atoms with Crippen LogP contribution >= 0.6 is 0 Å². The highest BCUT2D eigenvalue weighted by atomic mass is 32.2. The molecule has 0 bridgehead atoms. The summed E-state index contributed by atoms with van der Waals surface area (Å²) in [6, 6.07) is 11.4. The molecule has 4 N–H and O–H groups in total. The number of nitrogens with zero attached hydrogens (tertiary/aromatic N) is 1. The molecule has 2 aromatic rings. The topological polar surface area (TPSA) is 148 Å². The van der Waals surface area contributed by atoms with E-state index >= 15 is 0 Å². The second-order valence-electron chi connectivity index (χ2n) is 5.24. The number of hydrogen-bond acceptors (Lipinski definition) is 7. The monoisotopic (exact) mass is 372 g/mol. The first-order valence-corrected chi connectivity index (χ1v) is 8.72. The molecular weight excluding hydrogens is 360 g/mol. The minimum Gasteiger partial charge on any atom is -0.399 e. The Labute approximate surface area is 147 Å². The van der Waals surface area contributed by atoms with Gasteiger partial charge in [-0.2, -0.15) is 0 Å². The highest BCUT2D eigenvalue weighted by Gasteiger charge is 2.31. The van der Waals surface area contributed by atoms with E-state index in [0.717, 1.165) is 0 Å². The van der Waals surface area contributed by atoms with Crippen LogP contribution in [0.4, 0.5) is 11.4 Å². The number of benzene rings is 2. The molecule has 132 valence electrons. The summed E-state index contributed by atoms with van der Waals surface area (Å²) in [4.78, 5) is 37.8. The van der Waals surface area contributed by atoms with Gasteiger partial charge >= 0.3 is 17.6 Å². The third kappa shape index (κ3) is 3.17. The second-order valence-corrected chi connectivity index (χ2v) is 7.16. The van der Waals surface area contributed by atoms with Gasteiger partial charge in [-0.15, -0.1) is 0 Å². The molecule has 3 rings (SSSR count). The summed E-state index contributed by atoms with van der Waals surface area (Å²) in [7, 11) is -3.93. The molecule has 1 aliphatic heterocycles. The van der Waals surface area contributed by atoms with Gasteiger partial charge in [-0.25, -0.2) is 13.4 Å². The fourth-order valence-electron chi connectivity index (χ4n) is 2.19. The van der Waals surface area contributed by atoms with E-state index in [1.54, 1.807) is 6.07 Å². The molecule has 26 heavy (non-hydrogen) atoms. The standard InChI is InChI=1S/C16H12N4O5S/c17-9-5-7-10(8-6-9)26(24,25)12-4-2-1-3-11(12)18-16-19-14(22)13(21)15(23)20-16/h1-8H,17H2,(H2,18,19,20,22,23). The average Bonchev–Trinajstić information content (AvgIpc) is 2.60. The molecule has 1 heterocycles. The zero-order valence-corrected chi connectivity index (χ0v) is 13.9. The molecule has 0 atom stereocenters. The molecule has 0 saturated carbocycles. The number of para-hydroxylation sites is 1. The maximum absolute atomic E-state index is 12.8. The highest BCUT2D eigenvalue weighted by Crippen LogP contribution is 2.29. The Balaban J connectivity index is 2.05. The Hall–Kier alpha value is -3.53. The number of carbonyl (C=O) groups is 3. The third-order valence-electron chi connectivity index (χ3n) is 3.45. The number of carbonyl (C=O) groups excluding carboxylic acids is 3. The van der Waals surface area contributed by atoms with Crippen molar-refractivity contribution in [3.05, 3.63) is 48.5 Å². The summed E-state index contributed by atoms with van der Waals surface area (Å²) >= 11 is 0. The largest absolute Gasteiger partial charge is 0.399 e. The van der Waals surface area contributed by atoms with Gasteiger partial charge in [0, 0.05) is 5.69 Å². The molecule has 0 aromatic heterocycles. The van der Waals surface area contributed by atoms with Gasteiger partial charge in [0.2, 0.25) is 15.8 Å². The van der Waals surface area contributed by atoms with Crippen molar-refractivity contribution in [2.45, 2.75) is 9.79 Å². The fourth-order valence-corrected chi connectivity index (χ4v) is 3.59. The molecule has 0 aliphatic carbocycles. The molecule has 10 heteroatoms. The summed E-state index contributed by atoms with van der Waals surface area (Å²) < 4.78 is 25.7. The Kier molecular flexibility index (Phi) is 4.26. The van der Waals surface area contributed by atoms with Crippen LogP contribution in [0.5, 0.6) is 0 Å². The number of amides is 2. The molecule has 9 nitrogen and oxygen atoms in total. The maximum Gasteiger partial charge on any atom is 0.308 e. The van der Waals surface area contributed by atoms with E-state index in [1.807, 2.05) is 0 Å². The number of guanidine groups is 1. The van der Waals surface area contributed by atoms with Gasteiger partial charge in [0.25, 0.3) is 0 Å². The number of nitrogen functional groups attached to an aromatic ring is 1. The number of Topliss-reactive ketones (excluding diaryl/α,β-unsaturated/α-hetero) is 1. The average molecular weight is 372 g/mol. The van der Waals surface area contributed by atoms with E-state index in [0.29, 0.717) is 5.69 Å². The third-order valence-corrected chi connectivity index (χ3v) is 5.27. The Bertz CT molecular complexity index is 1040. The van der Waals surface area contributed by atoms with Crippen LogP contribution in [-0.4, -0.2) is 32.0 Å². The number of anilines is 1. The van der Waals surface area contributed by atoms with Crippen LogP contribution < -0.4 is 16.4 Å². The second kappa shape index (κ2) is 6.41. The van der Waals surface area contributed by atoms with Gasteiger partial charge in [0.1, 0.15) is 0 Å². The number of nitrogens with two attached hydrogens (primary N) is 1. The van der Waals surface area contributed by atoms with Gasteiger partial charge in [-0.05, 0) is 36.4 Å². The number of nitrogens with one attached hydrogen (secondary N) is 2. The van der Waals surface area contributed by atoms with Crippen LogP contribution in [0.2, 0.25) is 0 Å². The SMILES string of the molecule is Nc1ccc(S(=O)(=O)c2ccccc2N=C2NC(=O)C(=O)C(=O)N2)cc1. The number of sulfone groups is 1. The van der Waals surface area contributed by atoms with Crippen LogP contribution in [-0.2, 0) is 24.2 Å². The lowest BCUT2D eigenvalue weighted by Crippen LogP contribution is -2.57. The molecule has 0 spiro atoms. The maximum atomic E-state index is 12.8. The normalized spacial score (nSPS) is 14.6. The number of rotatable bonds is 3. The summed E-state index contributed by atoms with van der Waals surface area (Å²) in [5, 5.41) is 4.18. The van der Waals surface area contributed by atoms with Crippen LogP contribution in [0.25, 0.3) is 0 Å². The van der Waals surface area contributed by atoms with Crippen LogP contribution in [0.1, 0.15) is 0 Å². The van der Waals surface area contributed by atoms with Crippen molar-refractivity contribution in [2.75, 3.05) is 5.73 Å². The highest BCUT2D eigenvalue weighted by molar-refractivity contribution is 7.91. The summed E-state index contributed by atoms with van der Waals surface area (Å²) in [6.45, 7) is 0. The molecule has 2 aromatic carbocycles. The van der Waals surface area contributed by atoms with Gasteiger partial charge in [0.05, 0.1) is 15.5 Å². The first-order chi connectivity index (χ1) is 12.3. The molecular formula is C16H12N4O5S. The molecule has 1 aliphatic rings. The summed E-state index contributed by atoms with van der Waals surface area (Å²) in [6.07, 6.45) is 0. The van der Waals surface area contributed by atoms with Gasteiger partial charge in [-0.3, -0.25) is 25.0 Å². The van der Waals surface area contributed by atoms with Crippen molar-refractivity contribution >= 4 is 44.8 Å². The number of ketones is 1. The summed E-state index contributed by atoms with van der Waals surface area (Å²) in [5.74, 6) is -3.89. The molecule has 0 radical (unpaired) electrons. The van der Waals surface area contributed by atoms with E-state index in [2.05, 4.69) is 15.6 Å². The Morgan fingerprint density at radius 2 is 1.42 bits per heavy atom. The van der Waals surface area contributed by atoms with Crippen molar-refractivity contribution in [2.24, 2.45) is 4.99 Å². The number of aliphatic imine (C=N–C) groups is 1. The molecule has 1 fully saturated rings. The van der Waals surface area contributed by atoms with Crippen molar-refractivity contribution in [1.82, 2.24) is 10.6 Å². The first kappa shape index (κ1) is 17.3. The minimum absolute atomic E-state index is 0.00578. The van der Waals surface area contributed by atoms with E-state index in [-0.39, 0.29) is 21.4 Å². The Morgan fingerprint density at radius 1 is 0.846 bits per heavy atom. The van der Waals surface area contributed by atoms with E-state index in [1.165, 1.54) is 42.5 Å². The first-order valence-electron chi connectivity index (χ1n) is 7.24. The van der Waals surface area contributed by atoms with Gasteiger partial charge in [-0.1, -0.05) is 12.1 Å². The van der Waals surface area contributed by atoms with Crippen molar-refractivity contribution < 1.29 is 22.8 Å². The van der Waals surface area contributed by atoms with E-state index in [4.69, 9.17) is 5.73 Å². The quantitative estimate of drug-likeness (QED) is 0.506. The molecule has 0 unspecified atom stereocenters. The van der Waals surface area contributed by atoms with Crippen molar-refractivity contribution in [3.8, 4) is 0 Å². The smallest absolute Gasteiger partial charge is 0.308 e. The fraction of sp³-hybridized carbons (Fsp3) is 0. The lowest BCUT2D eigenvalue weighted by molar-refractivity contribution is -0.145. The molecule has 1 saturated heterocycles. The van der Waals surface area contributed by atoms with Crippen molar-refractivity contribution in [1.29, 1.82) is 0 Å². The zero-order chi connectivity index (χ0) is 18.9. The van der Waals surface area contributed by atoms with E-state index in [9.17, 15) is 22.8 Å². The van der Waals surface area contributed by atoms with E-state index < -0.39 is 27.4 Å². The van der Waals surface area contributed by atoms with Crippen LogP contribution in [0.15, 0.2) is 63.3 Å². The lowest BCUT2D eigenvalue weighted by Gasteiger charge is -2.15. The van der Waals surface area contributed by atoms with Gasteiger partial charge in [0.15, 0.2) is 0 Å². The predicted octanol–water partition coefficient (Wildman–Crippen LogP) is -0.0958. The predicted molar refractivity (Wildman–Crippen MR) is 91.1 cm³/mol.